The normalized spacial score (nSPS) is 16.3. The zero-order chi connectivity index (χ0) is 15.0. The minimum absolute atomic E-state index is 0.0195. The zero-order valence-electron chi connectivity index (χ0n) is 13.3. The summed E-state index contributed by atoms with van der Waals surface area (Å²) < 4.78 is 2.47. The van der Waals surface area contributed by atoms with Crippen LogP contribution >= 0.6 is 0 Å². The lowest BCUT2D eigenvalue weighted by Crippen LogP contribution is -2.27. The minimum Gasteiger partial charge on any atom is -0.195 e. The van der Waals surface area contributed by atoms with Gasteiger partial charge in [-0.25, -0.2) is 0 Å². The van der Waals surface area contributed by atoms with Crippen molar-refractivity contribution < 1.29 is 4.58 Å². The summed E-state index contributed by atoms with van der Waals surface area (Å²) in [6, 6.07) is 13.2. The second-order valence-electron chi connectivity index (χ2n) is 6.40. The summed E-state index contributed by atoms with van der Waals surface area (Å²) in [7, 11) is 0. The highest BCUT2D eigenvalue weighted by Gasteiger charge is 2.44. The summed E-state index contributed by atoms with van der Waals surface area (Å²) in [5.41, 5.74) is 4.17. The van der Waals surface area contributed by atoms with E-state index in [9.17, 15) is 0 Å². The monoisotopic (exact) mass is 278 g/mol. The van der Waals surface area contributed by atoms with Gasteiger partial charge in [0, 0.05) is 18.1 Å². The molecular weight excluding hydrogens is 254 g/mol. The molecule has 108 valence electrons. The van der Waals surface area contributed by atoms with E-state index >= 15 is 0 Å². The molecule has 0 saturated heterocycles. The Morgan fingerprint density at radius 3 is 2.62 bits per heavy atom. The molecule has 0 aromatic heterocycles. The van der Waals surface area contributed by atoms with Gasteiger partial charge in [-0.15, -0.1) is 0 Å². The Kier molecular flexibility index (Phi) is 3.44. The van der Waals surface area contributed by atoms with E-state index in [0.29, 0.717) is 0 Å². The molecule has 0 amide bonds. The zero-order valence-corrected chi connectivity index (χ0v) is 13.3. The predicted molar refractivity (Wildman–Crippen MR) is 91.9 cm³/mol. The highest BCUT2D eigenvalue weighted by Crippen LogP contribution is 2.44. The Bertz CT molecular complexity index is 735. The SMILES string of the molecule is C=CC1=[N+](CCCC)c2ccc3ccccc3c2C1(C)C. The van der Waals surface area contributed by atoms with E-state index < -0.39 is 0 Å². The van der Waals surface area contributed by atoms with E-state index in [4.69, 9.17) is 0 Å². The first-order valence-corrected chi connectivity index (χ1v) is 7.91. The topological polar surface area (TPSA) is 3.01 Å². The summed E-state index contributed by atoms with van der Waals surface area (Å²) in [4.78, 5) is 0. The summed E-state index contributed by atoms with van der Waals surface area (Å²) in [6.07, 6.45) is 4.47. The van der Waals surface area contributed by atoms with Gasteiger partial charge in [-0.1, -0.05) is 44.2 Å². The Hall–Kier alpha value is -1.89. The summed E-state index contributed by atoms with van der Waals surface area (Å²) >= 11 is 0. The fourth-order valence-electron chi connectivity index (χ4n) is 3.66. The van der Waals surface area contributed by atoms with Gasteiger partial charge in [0.05, 0.1) is 5.41 Å². The van der Waals surface area contributed by atoms with E-state index in [0.717, 1.165) is 6.54 Å². The number of rotatable bonds is 4. The Morgan fingerprint density at radius 2 is 1.90 bits per heavy atom. The Morgan fingerprint density at radius 1 is 1.14 bits per heavy atom. The van der Waals surface area contributed by atoms with Crippen LogP contribution in [0, 0.1) is 0 Å². The van der Waals surface area contributed by atoms with Crippen LogP contribution in [0.1, 0.15) is 39.2 Å². The number of nitrogens with zero attached hydrogens (tertiary/aromatic N) is 1. The van der Waals surface area contributed by atoms with Crippen LogP contribution in [0.2, 0.25) is 0 Å². The number of allylic oxidation sites excluding steroid dienone is 1. The second-order valence-corrected chi connectivity index (χ2v) is 6.40. The molecule has 0 fully saturated rings. The van der Waals surface area contributed by atoms with Gasteiger partial charge < -0.3 is 0 Å². The number of fused-ring (bicyclic) bond motifs is 3. The van der Waals surface area contributed by atoms with E-state index in [1.165, 1.54) is 40.6 Å². The van der Waals surface area contributed by atoms with Gasteiger partial charge in [0.15, 0.2) is 5.71 Å². The number of benzene rings is 2. The van der Waals surface area contributed by atoms with Crippen molar-refractivity contribution in [2.45, 2.75) is 39.0 Å². The highest BCUT2D eigenvalue weighted by molar-refractivity contribution is 6.07. The van der Waals surface area contributed by atoms with Crippen molar-refractivity contribution >= 4 is 22.2 Å². The molecule has 0 N–H and O–H groups in total. The summed E-state index contributed by atoms with van der Waals surface area (Å²) in [5, 5.41) is 2.70. The van der Waals surface area contributed by atoms with Gasteiger partial charge in [0.2, 0.25) is 5.69 Å². The third-order valence-electron chi connectivity index (χ3n) is 4.68. The van der Waals surface area contributed by atoms with Gasteiger partial charge in [-0.2, -0.15) is 4.58 Å². The molecule has 2 aromatic rings. The van der Waals surface area contributed by atoms with E-state index in [2.05, 4.69) is 68.3 Å². The standard InChI is InChI=1S/C20H24N/c1-5-7-14-21-17-13-12-15-10-8-9-11-16(15)19(17)20(3,4)18(21)6-2/h6,8-13H,2,5,7,14H2,1,3-4H3/q+1. The lowest BCUT2D eigenvalue weighted by Gasteiger charge is -2.17. The van der Waals surface area contributed by atoms with Gasteiger partial charge in [-0.3, -0.25) is 0 Å². The van der Waals surface area contributed by atoms with Gasteiger partial charge in [-0.05, 0) is 36.8 Å². The summed E-state index contributed by atoms with van der Waals surface area (Å²) in [6.45, 7) is 12.0. The van der Waals surface area contributed by atoms with Crippen molar-refractivity contribution in [2.75, 3.05) is 6.54 Å². The van der Waals surface area contributed by atoms with Crippen molar-refractivity contribution in [3.05, 3.63) is 54.6 Å². The molecule has 3 rings (SSSR count). The van der Waals surface area contributed by atoms with Gasteiger partial charge >= 0.3 is 0 Å². The summed E-state index contributed by atoms with van der Waals surface area (Å²) in [5.74, 6) is 0. The quantitative estimate of drug-likeness (QED) is 0.676. The maximum absolute atomic E-state index is 4.08. The molecular formula is C20H24N+. The molecule has 2 aromatic carbocycles. The highest BCUT2D eigenvalue weighted by atomic mass is 15.1. The van der Waals surface area contributed by atoms with Crippen LogP contribution < -0.4 is 0 Å². The van der Waals surface area contributed by atoms with Crippen molar-refractivity contribution in [1.29, 1.82) is 0 Å². The lowest BCUT2D eigenvalue weighted by molar-refractivity contribution is -0.438. The Labute approximate surface area is 127 Å². The molecule has 1 aliphatic rings. The van der Waals surface area contributed by atoms with Crippen LogP contribution in [-0.2, 0) is 5.41 Å². The second kappa shape index (κ2) is 5.14. The third-order valence-corrected chi connectivity index (χ3v) is 4.68. The molecule has 21 heavy (non-hydrogen) atoms. The van der Waals surface area contributed by atoms with E-state index in [1.54, 1.807) is 0 Å². The van der Waals surface area contributed by atoms with Crippen LogP contribution in [0.3, 0.4) is 0 Å². The van der Waals surface area contributed by atoms with E-state index in [1.807, 2.05) is 6.08 Å². The first-order valence-electron chi connectivity index (χ1n) is 7.91. The van der Waals surface area contributed by atoms with E-state index in [-0.39, 0.29) is 5.41 Å². The van der Waals surface area contributed by atoms with Crippen LogP contribution in [0.25, 0.3) is 10.8 Å². The molecule has 1 heteroatoms. The maximum Gasteiger partial charge on any atom is 0.210 e. The molecule has 0 radical (unpaired) electrons. The average Bonchev–Trinajstić information content (AvgIpc) is 2.72. The molecule has 1 heterocycles. The van der Waals surface area contributed by atoms with Crippen LogP contribution in [-0.4, -0.2) is 16.8 Å². The number of unbranched alkanes of at least 4 members (excludes halogenated alkanes) is 1. The molecule has 1 nitrogen and oxygen atoms in total. The number of hydrogen-bond acceptors (Lipinski definition) is 0. The van der Waals surface area contributed by atoms with Gasteiger partial charge in [0.25, 0.3) is 0 Å². The van der Waals surface area contributed by atoms with Crippen LogP contribution in [0.5, 0.6) is 0 Å². The Balaban J connectivity index is 2.29. The molecule has 0 unspecified atom stereocenters. The first kappa shape index (κ1) is 14.1. The maximum atomic E-state index is 4.08. The molecule has 0 spiro atoms. The largest absolute Gasteiger partial charge is 0.210 e. The molecule has 0 saturated carbocycles. The van der Waals surface area contributed by atoms with Crippen molar-refractivity contribution in [3.63, 3.8) is 0 Å². The smallest absolute Gasteiger partial charge is 0.195 e. The molecule has 0 bridgehead atoms. The van der Waals surface area contributed by atoms with Crippen LogP contribution in [0.4, 0.5) is 5.69 Å². The lowest BCUT2D eigenvalue weighted by atomic mass is 9.79. The molecule has 0 aliphatic carbocycles. The van der Waals surface area contributed by atoms with Crippen molar-refractivity contribution in [1.82, 2.24) is 0 Å². The molecule has 1 aliphatic heterocycles. The van der Waals surface area contributed by atoms with Gasteiger partial charge in [0.1, 0.15) is 6.54 Å². The van der Waals surface area contributed by atoms with Crippen molar-refractivity contribution in [3.8, 4) is 0 Å². The first-order chi connectivity index (χ1) is 10.1. The van der Waals surface area contributed by atoms with Crippen LogP contribution in [0.15, 0.2) is 49.1 Å². The fraction of sp³-hybridized carbons (Fsp3) is 0.350. The third kappa shape index (κ3) is 2.03. The predicted octanol–water partition coefficient (Wildman–Crippen LogP) is 5.20. The van der Waals surface area contributed by atoms with Crippen molar-refractivity contribution in [2.24, 2.45) is 0 Å². The molecule has 0 atom stereocenters. The minimum atomic E-state index is 0.0195. The fourth-order valence-corrected chi connectivity index (χ4v) is 3.66. The number of hydrogen-bond donors (Lipinski definition) is 0. The average molecular weight is 278 g/mol.